The molecule has 1 N–H and O–H groups in total. The summed E-state index contributed by atoms with van der Waals surface area (Å²) in [5, 5.41) is 2.87. The number of fused-ring (bicyclic) bond motifs is 1. The second-order valence-corrected chi connectivity index (χ2v) is 8.06. The van der Waals surface area contributed by atoms with E-state index in [0.717, 1.165) is 29.3 Å². The smallest absolute Gasteiger partial charge is 0.416 e. The van der Waals surface area contributed by atoms with Crippen molar-refractivity contribution in [2.75, 3.05) is 5.32 Å². The maximum absolute atomic E-state index is 12.9. The van der Waals surface area contributed by atoms with Crippen LogP contribution in [0, 0.1) is 13.8 Å². The largest absolute Gasteiger partial charge is 0.456 e. The molecule has 1 heterocycles. The minimum absolute atomic E-state index is 0.0171. The van der Waals surface area contributed by atoms with Crippen LogP contribution in [-0.2, 0) is 6.18 Å². The molecule has 1 aromatic heterocycles. The van der Waals surface area contributed by atoms with Crippen molar-refractivity contribution in [3.63, 3.8) is 0 Å². The molecule has 0 atom stereocenters. The number of alkyl halides is 3. The van der Waals surface area contributed by atoms with Crippen molar-refractivity contribution in [2.24, 2.45) is 0 Å². The minimum Gasteiger partial charge on any atom is -0.456 e. The van der Waals surface area contributed by atoms with E-state index in [1.165, 1.54) is 18.2 Å². The Morgan fingerprint density at radius 1 is 0.970 bits per heavy atom. The molecule has 0 bridgehead atoms. The van der Waals surface area contributed by atoms with Crippen molar-refractivity contribution in [3.05, 3.63) is 98.2 Å². The molecule has 33 heavy (non-hydrogen) atoms. The monoisotopic (exact) mass is 471 g/mol. The standard InChI is InChI=1S/C25H17ClF3NO3/c1-13-9-14(2)23-18(10-13)21(31)12-22(33-23)15-3-5-16(6-4-15)24(32)30-20-11-17(25(27,28)29)7-8-19(20)26/h3-12H,1-2H3,(H,30,32). The van der Waals surface area contributed by atoms with Gasteiger partial charge in [0.15, 0.2) is 5.43 Å². The van der Waals surface area contributed by atoms with Crippen LogP contribution >= 0.6 is 11.6 Å². The molecule has 3 aromatic carbocycles. The third-order valence-electron chi connectivity index (χ3n) is 5.13. The number of hydrogen-bond donors (Lipinski definition) is 1. The fourth-order valence-corrected chi connectivity index (χ4v) is 3.69. The summed E-state index contributed by atoms with van der Waals surface area (Å²) < 4.78 is 44.8. The molecular formula is C25H17ClF3NO3. The topological polar surface area (TPSA) is 59.3 Å². The maximum atomic E-state index is 12.9. The summed E-state index contributed by atoms with van der Waals surface area (Å²) in [6.07, 6.45) is -4.56. The minimum atomic E-state index is -4.56. The van der Waals surface area contributed by atoms with Crippen LogP contribution in [0.1, 0.15) is 27.0 Å². The Labute approximate surface area is 191 Å². The lowest BCUT2D eigenvalue weighted by atomic mass is 10.1. The number of carbonyl (C=O) groups excluding carboxylic acids is 1. The van der Waals surface area contributed by atoms with Crippen LogP contribution in [0.25, 0.3) is 22.3 Å². The van der Waals surface area contributed by atoms with Gasteiger partial charge in [0.1, 0.15) is 11.3 Å². The third kappa shape index (κ3) is 4.64. The van der Waals surface area contributed by atoms with E-state index >= 15 is 0 Å². The van der Waals surface area contributed by atoms with E-state index < -0.39 is 17.6 Å². The van der Waals surface area contributed by atoms with Gasteiger partial charge in [0, 0.05) is 17.2 Å². The number of halogens is 4. The summed E-state index contributed by atoms with van der Waals surface area (Å²) in [5.41, 5.74) is 1.79. The molecule has 0 spiro atoms. The number of anilines is 1. The Balaban J connectivity index is 1.62. The van der Waals surface area contributed by atoms with Gasteiger partial charge in [0.05, 0.1) is 21.7 Å². The lowest BCUT2D eigenvalue weighted by Crippen LogP contribution is -2.13. The number of benzene rings is 3. The number of amides is 1. The first-order chi connectivity index (χ1) is 15.5. The molecule has 0 aliphatic carbocycles. The Bertz CT molecular complexity index is 1440. The van der Waals surface area contributed by atoms with Crippen molar-refractivity contribution in [2.45, 2.75) is 20.0 Å². The van der Waals surface area contributed by atoms with Crippen molar-refractivity contribution < 1.29 is 22.4 Å². The summed E-state index contributed by atoms with van der Waals surface area (Å²) >= 11 is 5.94. The molecule has 1 amide bonds. The van der Waals surface area contributed by atoms with Crippen molar-refractivity contribution >= 4 is 34.2 Å². The molecule has 168 valence electrons. The van der Waals surface area contributed by atoms with Crippen LogP contribution in [0.3, 0.4) is 0 Å². The van der Waals surface area contributed by atoms with Crippen LogP contribution in [-0.4, -0.2) is 5.91 Å². The highest BCUT2D eigenvalue weighted by Gasteiger charge is 2.31. The first-order valence-electron chi connectivity index (χ1n) is 9.86. The zero-order valence-corrected chi connectivity index (χ0v) is 18.3. The number of hydrogen-bond acceptors (Lipinski definition) is 3. The van der Waals surface area contributed by atoms with Gasteiger partial charge >= 0.3 is 6.18 Å². The first kappa shape index (κ1) is 22.6. The first-order valence-corrected chi connectivity index (χ1v) is 10.2. The van der Waals surface area contributed by atoms with E-state index in [4.69, 9.17) is 16.0 Å². The third-order valence-corrected chi connectivity index (χ3v) is 5.46. The normalized spacial score (nSPS) is 11.6. The van der Waals surface area contributed by atoms with Crippen LogP contribution in [0.5, 0.6) is 0 Å². The van der Waals surface area contributed by atoms with E-state index in [1.54, 1.807) is 18.2 Å². The molecule has 4 aromatic rings. The lowest BCUT2D eigenvalue weighted by molar-refractivity contribution is -0.137. The summed E-state index contributed by atoms with van der Waals surface area (Å²) in [6.45, 7) is 3.75. The fraction of sp³-hybridized carbons (Fsp3) is 0.120. The van der Waals surface area contributed by atoms with Crippen LogP contribution in [0.15, 0.2) is 69.9 Å². The molecule has 4 rings (SSSR count). The van der Waals surface area contributed by atoms with Crippen LogP contribution in [0.2, 0.25) is 5.02 Å². The molecule has 0 aliphatic heterocycles. The SMILES string of the molecule is Cc1cc(C)c2oc(-c3ccc(C(=O)Nc4cc(C(F)(F)F)ccc4Cl)cc3)cc(=O)c2c1. The van der Waals surface area contributed by atoms with Gasteiger partial charge in [-0.15, -0.1) is 0 Å². The Morgan fingerprint density at radius 2 is 1.67 bits per heavy atom. The van der Waals surface area contributed by atoms with E-state index in [-0.39, 0.29) is 21.7 Å². The molecule has 0 radical (unpaired) electrons. The molecular weight excluding hydrogens is 455 g/mol. The van der Waals surface area contributed by atoms with Gasteiger partial charge in [-0.25, -0.2) is 0 Å². The van der Waals surface area contributed by atoms with Gasteiger partial charge in [-0.2, -0.15) is 13.2 Å². The second-order valence-electron chi connectivity index (χ2n) is 7.66. The highest BCUT2D eigenvalue weighted by atomic mass is 35.5. The molecule has 0 aliphatic rings. The highest BCUT2D eigenvalue weighted by molar-refractivity contribution is 6.34. The zero-order valence-electron chi connectivity index (χ0n) is 17.5. The summed E-state index contributed by atoms with van der Waals surface area (Å²) in [5.74, 6) is -0.290. The van der Waals surface area contributed by atoms with Gasteiger partial charge in [-0.05, 0) is 61.4 Å². The number of rotatable bonds is 3. The quantitative estimate of drug-likeness (QED) is 0.350. The predicted molar refractivity (Wildman–Crippen MR) is 122 cm³/mol. The summed E-state index contributed by atoms with van der Waals surface area (Å²) in [7, 11) is 0. The molecule has 8 heteroatoms. The zero-order chi connectivity index (χ0) is 23.9. The maximum Gasteiger partial charge on any atom is 0.416 e. The fourth-order valence-electron chi connectivity index (χ4n) is 3.53. The van der Waals surface area contributed by atoms with Crippen molar-refractivity contribution in [3.8, 4) is 11.3 Å². The summed E-state index contributed by atoms with van der Waals surface area (Å²) in [6, 6.07) is 13.9. The van der Waals surface area contributed by atoms with E-state index in [0.29, 0.717) is 22.3 Å². The van der Waals surface area contributed by atoms with E-state index in [1.807, 2.05) is 19.9 Å². The highest BCUT2D eigenvalue weighted by Crippen LogP contribution is 2.34. The van der Waals surface area contributed by atoms with Gasteiger partial charge in [-0.1, -0.05) is 29.8 Å². The number of nitrogens with one attached hydrogen (secondary N) is 1. The summed E-state index contributed by atoms with van der Waals surface area (Å²) in [4.78, 5) is 25.1. The van der Waals surface area contributed by atoms with Crippen LogP contribution in [0.4, 0.5) is 18.9 Å². The average molecular weight is 472 g/mol. The van der Waals surface area contributed by atoms with Gasteiger partial charge in [0.25, 0.3) is 5.91 Å². The van der Waals surface area contributed by atoms with E-state index in [9.17, 15) is 22.8 Å². The van der Waals surface area contributed by atoms with Crippen LogP contribution < -0.4 is 10.7 Å². The molecule has 0 saturated carbocycles. The molecule has 0 fully saturated rings. The average Bonchev–Trinajstić information content (AvgIpc) is 2.75. The van der Waals surface area contributed by atoms with Crippen molar-refractivity contribution in [1.29, 1.82) is 0 Å². The lowest BCUT2D eigenvalue weighted by Gasteiger charge is -2.12. The second kappa shape index (κ2) is 8.41. The van der Waals surface area contributed by atoms with E-state index in [2.05, 4.69) is 5.32 Å². The molecule has 4 nitrogen and oxygen atoms in total. The van der Waals surface area contributed by atoms with Crippen molar-refractivity contribution in [1.82, 2.24) is 0 Å². The molecule has 0 unspecified atom stereocenters. The predicted octanol–water partition coefficient (Wildman–Crippen LogP) is 7.00. The van der Waals surface area contributed by atoms with Gasteiger partial charge < -0.3 is 9.73 Å². The number of aryl methyl sites for hydroxylation is 2. The van der Waals surface area contributed by atoms with Gasteiger partial charge in [-0.3, -0.25) is 9.59 Å². The molecule has 0 saturated heterocycles. The van der Waals surface area contributed by atoms with Gasteiger partial charge in [0.2, 0.25) is 0 Å². The Kier molecular flexibility index (Phi) is 5.76. The number of carbonyl (C=O) groups is 1. The Morgan fingerprint density at radius 3 is 2.33 bits per heavy atom. The Hall–Kier alpha value is -3.58.